The smallest absolute Gasteiger partial charge is 0.269 e. The van der Waals surface area contributed by atoms with E-state index in [-0.39, 0.29) is 5.69 Å². The van der Waals surface area contributed by atoms with Gasteiger partial charge in [-0.2, -0.15) is 0 Å². The minimum atomic E-state index is -0.597. The molecule has 94 valence electrons. The molecule has 0 fully saturated rings. The largest absolute Gasteiger partial charge is 0.364 e. The zero-order valence-electron chi connectivity index (χ0n) is 9.87. The molecule has 0 aromatic carbocycles. The van der Waals surface area contributed by atoms with Gasteiger partial charge in [0.25, 0.3) is 5.91 Å². The van der Waals surface area contributed by atoms with Gasteiger partial charge in [0.1, 0.15) is 12.1 Å². The number of aromatic nitrogens is 5. The van der Waals surface area contributed by atoms with Crippen LogP contribution in [0.4, 0.5) is 5.82 Å². The summed E-state index contributed by atoms with van der Waals surface area (Å²) < 4.78 is 1.91. The van der Waals surface area contributed by atoms with Crippen LogP contribution in [0.15, 0.2) is 18.5 Å². The van der Waals surface area contributed by atoms with Crippen LogP contribution in [0.2, 0.25) is 0 Å². The number of rotatable bonds is 5. The minimum Gasteiger partial charge on any atom is -0.364 e. The van der Waals surface area contributed by atoms with Gasteiger partial charge in [0.15, 0.2) is 11.5 Å². The first-order valence-corrected chi connectivity index (χ1v) is 5.44. The van der Waals surface area contributed by atoms with E-state index < -0.39 is 5.91 Å². The number of amides is 1. The first-order chi connectivity index (χ1) is 8.70. The van der Waals surface area contributed by atoms with E-state index in [2.05, 4.69) is 25.7 Å². The second-order valence-electron chi connectivity index (χ2n) is 3.55. The molecule has 18 heavy (non-hydrogen) atoms. The molecule has 2 rings (SSSR count). The van der Waals surface area contributed by atoms with Crippen molar-refractivity contribution in [1.29, 1.82) is 0 Å². The average molecular weight is 247 g/mol. The molecule has 0 radical (unpaired) electrons. The van der Waals surface area contributed by atoms with E-state index >= 15 is 0 Å². The van der Waals surface area contributed by atoms with E-state index in [4.69, 9.17) is 5.73 Å². The van der Waals surface area contributed by atoms with Gasteiger partial charge in [-0.3, -0.25) is 4.79 Å². The molecule has 0 unspecified atom stereocenters. The molecule has 0 aliphatic rings. The Bertz CT molecular complexity index is 533. The molecule has 2 aromatic rings. The van der Waals surface area contributed by atoms with E-state index in [0.29, 0.717) is 12.4 Å². The van der Waals surface area contributed by atoms with Crippen LogP contribution in [0, 0.1) is 0 Å². The van der Waals surface area contributed by atoms with Crippen molar-refractivity contribution in [2.75, 3.05) is 5.32 Å². The van der Waals surface area contributed by atoms with Gasteiger partial charge in [0.05, 0.1) is 6.54 Å². The molecule has 8 heteroatoms. The Morgan fingerprint density at radius 2 is 2.22 bits per heavy atom. The lowest BCUT2D eigenvalue weighted by molar-refractivity contribution is 0.0994. The zero-order valence-corrected chi connectivity index (χ0v) is 9.87. The Morgan fingerprint density at radius 1 is 1.39 bits per heavy atom. The highest BCUT2D eigenvalue weighted by Crippen LogP contribution is 2.04. The average Bonchev–Trinajstić information content (AvgIpc) is 2.84. The molecule has 3 N–H and O–H groups in total. The summed E-state index contributed by atoms with van der Waals surface area (Å²) >= 11 is 0. The van der Waals surface area contributed by atoms with Crippen LogP contribution in [0.25, 0.3) is 0 Å². The summed E-state index contributed by atoms with van der Waals surface area (Å²) in [5, 5.41) is 18.4. The second-order valence-corrected chi connectivity index (χ2v) is 3.55. The highest BCUT2D eigenvalue weighted by atomic mass is 16.1. The number of nitrogens with one attached hydrogen (secondary N) is 1. The van der Waals surface area contributed by atoms with Crippen molar-refractivity contribution >= 4 is 11.7 Å². The molecule has 0 aliphatic carbocycles. The number of hydrogen-bond acceptors (Lipinski definition) is 6. The van der Waals surface area contributed by atoms with Crippen molar-refractivity contribution in [2.24, 2.45) is 5.73 Å². The molecule has 1 amide bonds. The number of aryl methyl sites for hydroxylation is 1. The molecule has 0 atom stereocenters. The number of nitrogens with two attached hydrogens (primary N) is 1. The summed E-state index contributed by atoms with van der Waals surface area (Å²) in [6.45, 7) is 3.29. The normalized spacial score (nSPS) is 10.3. The van der Waals surface area contributed by atoms with Gasteiger partial charge in [0, 0.05) is 6.54 Å². The third kappa shape index (κ3) is 2.59. The van der Waals surface area contributed by atoms with E-state index in [9.17, 15) is 4.79 Å². The van der Waals surface area contributed by atoms with Crippen LogP contribution in [0.3, 0.4) is 0 Å². The number of primary amides is 1. The Morgan fingerprint density at radius 3 is 2.83 bits per heavy atom. The Balaban J connectivity index is 2.00. The van der Waals surface area contributed by atoms with Gasteiger partial charge in [-0.25, -0.2) is 0 Å². The molecule has 0 bridgehead atoms. The molecule has 2 heterocycles. The fourth-order valence-corrected chi connectivity index (χ4v) is 1.41. The van der Waals surface area contributed by atoms with Crippen molar-refractivity contribution < 1.29 is 4.79 Å². The highest BCUT2D eigenvalue weighted by molar-refractivity contribution is 5.90. The molecular weight excluding hydrogens is 234 g/mol. The van der Waals surface area contributed by atoms with Gasteiger partial charge < -0.3 is 15.6 Å². The predicted octanol–water partition coefficient (Wildman–Crippen LogP) is -0.201. The van der Waals surface area contributed by atoms with Crippen molar-refractivity contribution in [3.8, 4) is 0 Å². The fourth-order valence-electron chi connectivity index (χ4n) is 1.41. The van der Waals surface area contributed by atoms with Crippen LogP contribution in [-0.4, -0.2) is 30.9 Å². The summed E-state index contributed by atoms with van der Waals surface area (Å²) in [4.78, 5) is 10.8. The summed E-state index contributed by atoms with van der Waals surface area (Å²) in [6, 6.07) is 3.15. The van der Waals surface area contributed by atoms with Crippen molar-refractivity contribution in [3.63, 3.8) is 0 Å². The Labute approximate surface area is 103 Å². The van der Waals surface area contributed by atoms with Gasteiger partial charge in [0.2, 0.25) is 0 Å². The van der Waals surface area contributed by atoms with Crippen LogP contribution in [-0.2, 0) is 13.1 Å². The van der Waals surface area contributed by atoms with Crippen LogP contribution < -0.4 is 11.1 Å². The van der Waals surface area contributed by atoms with Gasteiger partial charge >= 0.3 is 0 Å². The monoisotopic (exact) mass is 247 g/mol. The number of nitrogens with zero attached hydrogens (tertiary/aromatic N) is 5. The van der Waals surface area contributed by atoms with Crippen LogP contribution >= 0.6 is 0 Å². The molecule has 0 aliphatic heterocycles. The topological polar surface area (TPSA) is 112 Å². The zero-order chi connectivity index (χ0) is 13.0. The Kier molecular flexibility index (Phi) is 3.46. The third-order valence-electron chi connectivity index (χ3n) is 2.38. The summed E-state index contributed by atoms with van der Waals surface area (Å²) in [5.41, 5.74) is 5.21. The minimum absolute atomic E-state index is 0.136. The van der Waals surface area contributed by atoms with Crippen molar-refractivity contribution in [1.82, 2.24) is 25.0 Å². The fraction of sp³-hybridized carbons (Fsp3) is 0.300. The number of anilines is 1. The first-order valence-electron chi connectivity index (χ1n) is 5.44. The van der Waals surface area contributed by atoms with Gasteiger partial charge in [-0.1, -0.05) is 0 Å². The molecule has 0 saturated heterocycles. The molecule has 8 nitrogen and oxygen atoms in total. The van der Waals surface area contributed by atoms with E-state index in [1.807, 2.05) is 11.5 Å². The molecular formula is C10H13N7O. The summed E-state index contributed by atoms with van der Waals surface area (Å²) in [5.74, 6) is 0.753. The lowest BCUT2D eigenvalue weighted by Gasteiger charge is -2.05. The second kappa shape index (κ2) is 5.21. The maximum Gasteiger partial charge on any atom is 0.269 e. The first kappa shape index (κ1) is 12.0. The lowest BCUT2D eigenvalue weighted by Crippen LogP contribution is -2.14. The van der Waals surface area contributed by atoms with Crippen molar-refractivity contribution in [3.05, 3.63) is 30.0 Å². The lowest BCUT2D eigenvalue weighted by atomic mass is 10.4. The third-order valence-corrected chi connectivity index (χ3v) is 2.38. The van der Waals surface area contributed by atoms with E-state index in [0.717, 1.165) is 12.4 Å². The standard InChI is InChI=1S/C10H13N7O/c1-2-17-6-13-16-9(17)5-12-8-4-3-7(10(11)18)14-15-8/h3-4,6H,2,5H2,1H3,(H2,11,18)(H,12,15). The van der Waals surface area contributed by atoms with Crippen LogP contribution in [0.1, 0.15) is 23.2 Å². The van der Waals surface area contributed by atoms with Crippen molar-refractivity contribution in [2.45, 2.75) is 20.0 Å². The van der Waals surface area contributed by atoms with Gasteiger partial charge in [-0.05, 0) is 19.1 Å². The van der Waals surface area contributed by atoms with E-state index in [1.54, 1.807) is 12.4 Å². The molecule has 0 spiro atoms. The quantitative estimate of drug-likeness (QED) is 0.756. The molecule has 2 aromatic heterocycles. The van der Waals surface area contributed by atoms with Gasteiger partial charge in [-0.15, -0.1) is 20.4 Å². The SMILES string of the molecule is CCn1cnnc1CNc1ccc(C(N)=O)nn1. The maximum absolute atomic E-state index is 10.8. The number of hydrogen-bond donors (Lipinski definition) is 2. The predicted molar refractivity (Wildman–Crippen MR) is 63.6 cm³/mol. The highest BCUT2D eigenvalue weighted by Gasteiger charge is 2.05. The Hall–Kier alpha value is -2.51. The molecule has 0 saturated carbocycles. The number of carbonyl (C=O) groups excluding carboxylic acids is 1. The summed E-state index contributed by atoms with van der Waals surface area (Å²) in [7, 11) is 0. The summed E-state index contributed by atoms with van der Waals surface area (Å²) in [6.07, 6.45) is 1.67. The number of carbonyl (C=O) groups is 1. The van der Waals surface area contributed by atoms with E-state index in [1.165, 1.54) is 6.07 Å². The van der Waals surface area contributed by atoms with Crippen LogP contribution in [0.5, 0.6) is 0 Å². The maximum atomic E-state index is 10.8.